The van der Waals surface area contributed by atoms with Gasteiger partial charge in [0.25, 0.3) is 12.5 Å². The molecule has 0 radical (unpaired) electrons. The zero-order valence-electron chi connectivity index (χ0n) is 11.7. The highest BCUT2D eigenvalue weighted by Crippen LogP contribution is 2.14. The van der Waals surface area contributed by atoms with Crippen LogP contribution in [0, 0.1) is 30.0 Å². The Morgan fingerprint density at radius 3 is 2.52 bits per heavy atom. The van der Waals surface area contributed by atoms with Crippen LogP contribution in [-0.4, -0.2) is 18.7 Å². The number of unbranched alkanes of at least 4 members (excludes halogenated alkanes) is 1. The van der Waals surface area contributed by atoms with Gasteiger partial charge in [-0.2, -0.15) is 10.5 Å². The van der Waals surface area contributed by atoms with E-state index in [1.165, 1.54) is 6.26 Å². The van der Waals surface area contributed by atoms with Crippen LogP contribution in [0.5, 0.6) is 5.75 Å². The standard InChI is InChI=1S/C15H16N2O4/c1-12-5-7-13(8-6-12)21-15(18)14(20-11-17)4-2-3-9-19-10-16/h5-8,14H,2-4,9H2,1H3. The lowest BCUT2D eigenvalue weighted by molar-refractivity contribution is -0.144. The molecule has 0 fully saturated rings. The van der Waals surface area contributed by atoms with Gasteiger partial charge in [0.05, 0.1) is 0 Å². The van der Waals surface area contributed by atoms with Crippen molar-refractivity contribution >= 4 is 5.97 Å². The number of ether oxygens (including phenoxy) is 3. The summed E-state index contributed by atoms with van der Waals surface area (Å²) in [6.07, 6.45) is 3.63. The van der Waals surface area contributed by atoms with Crippen LogP contribution in [0.15, 0.2) is 24.3 Å². The van der Waals surface area contributed by atoms with Gasteiger partial charge >= 0.3 is 5.97 Å². The van der Waals surface area contributed by atoms with Crippen LogP contribution in [0.4, 0.5) is 0 Å². The molecular weight excluding hydrogens is 272 g/mol. The summed E-state index contributed by atoms with van der Waals surface area (Å²) in [6, 6.07) is 7.00. The fourth-order valence-corrected chi connectivity index (χ4v) is 1.63. The lowest BCUT2D eigenvalue weighted by atomic mass is 10.1. The van der Waals surface area contributed by atoms with E-state index in [9.17, 15) is 4.79 Å². The molecule has 110 valence electrons. The van der Waals surface area contributed by atoms with Gasteiger partial charge in [-0.3, -0.25) is 0 Å². The Bertz CT molecular complexity index is 528. The second kappa shape index (κ2) is 9.22. The Kier molecular flexibility index (Phi) is 7.17. The molecule has 21 heavy (non-hydrogen) atoms. The van der Waals surface area contributed by atoms with Crippen LogP contribution in [-0.2, 0) is 14.3 Å². The second-order valence-corrected chi connectivity index (χ2v) is 4.37. The zero-order chi connectivity index (χ0) is 15.5. The number of rotatable bonds is 8. The third kappa shape index (κ3) is 6.31. The number of aryl methyl sites for hydroxylation is 1. The van der Waals surface area contributed by atoms with Gasteiger partial charge in [-0.1, -0.05) is 17.7 Å². The summed E-state index contributed by atoms with van der Waals surface area (Å²) in [5.41, 5.74) is 1.05. The quantitative estimate of drug-likeness (QED) is 0.316. The maximum absolute atomic E-state index is 11.9. The molecule has 0 N–H and O–H groups in total. The van der Waals surface area contributed by atoms with Crippen molar-refractivity contribution in [2.24, 2.45) is 0 Å². The van der Waals surface area contributed by atoms with Crippen molar-refractivity contribution in [3.05, 3.63) is 29.8 Å². The molecule has 6 heteroatoms. The van der Waals surface area contributed by atoms with Crippen molar-refractivity contribution in [1.82, 2.24) is 0 Å². The van der Waals surface area contributed by atoms with Gasteiger partial charge in [0.1, 0.15) is 12.4 Å². The topological polar surface area (TPSA) is 92.3 Å². The number of hydrogen-bond acceptors (Lipinski definition) is 6. The van der Waals surface area contributed by atoms with E-state index in [1.54, 1.807) is 18.4 Å². The average Bonchev–Trinajstić information content (AvgIpc) is 2.48. The molecule has 0 aliphatic carbocycles. The highest BCUT2D eigenvalue weighted by atomic mass is 16.6. The molecule has 0 bridgehead atoms. The van der Waals surface area contributed by atoms with Crippen molar-refractivity contribution in [3.8, 4) is 18.3 Å². The van der Waals surface area contributed by atoms with Crippen LogP contribution in [0.3, 0.4) is 0 Å². The SMILES string of the molecule is Cc1ccc(OC(=O)C(CCCCOC#N)OC#N)cc1. The minimum absolute atomic E-state index is 0.281. The maximum Gasteiger partial charge on any atom is 0.353 e. The first-order chi connectivity index (χ1) is 10.2. The molecule has 0 aromatic heterocycles. The molecule has 1 rings (SSSR count). The van der Waals surface area contributed by atoms with Crippen LogP contribution in [0.1, 0.15) is 24.8 Å². The normalized spacial score (nSPS) is 10.8. The van der Waals surface area contributed by atoms with Crippen LogP contribution < -0.4 is 4.74 Å². The predicted octanol–water partition coefficient (Wildman–Crippen LogP) is 2.43. The number of benzene rings is 1. The van der Waals surface area contributed by atoms with Gasteiger partial charge in [-0.15, -0.1) is 0 Å². The third-order valence-corrected chi connectivity index (χ3v) is 2.72. The lowest BCUT2D eigenvalue weighted by Crippen LogP contribution is -2.27. The van der Waals surface area contributed by atoms with Crippen LogP contribution in [0.2, 0.25) is 0 Å². The van der Waals surface area contributed by atoms with E-state index < -0.39 is 12.1 Å². The number of carbonyl (C=O) groups is 1. The predicted molar refractivity (Wildman–Crippen MR) is 72.7 cm³/mol. The molecule has 1 unspecified atom stereocenters. The number of carbonyl (C=O) groups excluding carboxylic acids is 1. The molecule has 0 amide bonds. The van der Waals surface area contributed by atoms with Crippen LogP contribution >= 0.6 is 0 Å². The first-order valence-corrected chi connectivity index (χ1v) is 6.51. The lowest BCUT2D eigenvalue weighted by Gasteiger charge is -2.13. The van der Waals surface area contributed by atoms with Crippen LogP contribution in [0.25, 0.3) is 0 Å². The molecule has 1 aromatic carbocycles. The van der Waals surface area contributed by atoms with Gasteiger partial charge in [-0.25, -0.2) is 4.79 Å². The maximum atomic E-state index is 11.9. The number of hydrogen-bond donors (Lipinski definition) is 0. The van der Waals surface area contributed by atoms with Crippen molar-refractivity contribution < 1.29 is 19.0 Å². The van der Waals surface area contributed by atoms with E-state index in [0.717, 1.165) is 5.56 Å². The van der Waals surface area contributed by atoms with Gasteiger partial charge in [0, 0.05) is 0 Å². The third-order valence-electron chi connectivity index (χ3n) is 2.72. The smallest absolute Gasteiger partial charge is 0.353 e. The fraction of sp³-hybridized carbons (Fsp3) is 0.400. The number of esters is 1. The number of nitrogens with zero attached hydrogens (tertiary/aromatic N) is 2. The summed E-state index contributed by atoms with van der Waals surface area (Å²) in [6.45, 7) is 2.21. The van der Waals surface area contributed by atoms with Gasteiger partial charge in [0.15, 0.2) is 0 Å². The molecule has 0 spiro atoms. The Morgan fingerprint density at radius 1 is 1.19 bits per heavy atom. The average molecular weight is 288 g/mol. The molecule has 0 heterocycles. The van der Waals surface area contributed by atoms with E-state index in [0.29, 0.717) is 25.0 Å². The highest BCUT2D eigenvalue weighted by molar-refractivity contribution is 5.77. The second-order valence-electron chi connectivity index (χ2n) is 4.37. The molecule has 0 saturated heterocycles. The van der Waals surface area contributed by atoms with Crippen molar-refractivity contribution in [3.63, 3.8) is 0 Å². The summed E-state index contributed by atoms with van der Waals surface area (Å²) >= 11 is 0. The minimum Gasteiger partial charge on any atom is -0.428 e. The largest absolute Gasteiger partial charge is 0.428 e. The molecule has 0 saturated carbocycles. The summed E-state index contributed by atoms with van der Waals surface area (Å²) < 4.78 is 14.4. The summed E-state index contributed by atoms with van der Waals surface area (Å²) in [5, 5.41) is 16.8. The summed E-state index contributed by atoms with van der Waals surface area (Å²) in [4.78, 5) is 11.9. The summed E-state index contributed by atoms with van der Waals surface area (Å²) in [5.74, 6) is -0.202. The molecule has 0 aliphatic rings. The first kappa shape index (κ1) is 16.3. The molecular formula is C15H16N2O4. The summed E-state index contributed by atoms with van der Waals surface area (Å²) in [7, 11) is 0. The van der Waals surface area contributed by atoms with Gasteiger partial charge < -0.3 is 14.2 Å². The Labute approximate surface area is 123 Å². The van der Waals surface area contributed by atoms with Gasteiger partial charge in [-0.05, 0) is 38.3 Å². The molecule has 6 nitrogen and oxygen atoms in total. The van der Waals surface area contributed by atoms with E-state index in [4.69, 9.17) is 20.0 Å². The minimum atomic E-state index is -0.946. The molecule has 1 atom stereocenters. The Hall–Kier alpha value is -2.73. The molecule has 0 aliphatic heterocycles. The number of nitriles is 2. The van der Waals surface area contributed by atoms with E-state index in [1.807, 2.05) is 19.1 Å². The van der Waals surface area contributed by atoms with Gasteiger partial charge in [0.2, 0.25) is 6.10 Å². The Balaban J connectivity index is 2.47. The first-order valence-electron chi connectivity index (χ1n) is 6.51. The van der Waals surface area contributed by atoms with E-state index >= 15 is 0 Å². The fourth-order valence-electron chi connectivity index (χ4n) is 1.63. The van der Waals surface area contributed by atoms with Crippen molar-refractivity contribution in [1.29, 1.82) is 10.5 Å². The monoisotopic (exact) mass is 288 g/mol. The highest BCUT2D eigenvalue weighted by Gasteiger charge is 2.22. The molecule has 1 aromatic rings. The van der Waals surface area contributed by atoms with Crippen molar-refractivity contribution in [2.75, 3.05) is 6.61 Å². The zero-order valence-corrected chi connectivity index (χ0v) is 11.7. The van der Waals surface area contributed by atoms with E-state index in [2.05, 4.69) is 4.74 Å². The Morgan fingerprint density at radius 2 is 1.90 bits per heavy atom. The van der Waals surface area contributed by atoms with Crippen molar-refractivity contribution in [2.45, 2.75) is 32.3 Å². The van der Waals surface area contributed by atoms with E-state index in [-0.39, 0.29) is 6.61 Å².